The maximum absolute atomic E-state index is 12.7. The second-order valence-electron chi connectivity index (χ2n) is 7.65. The Morgan fingerprint density at radius 1 is 1.00 bits per heavy atom. The Morgan fingerprint density at radius 2 is 1.71 bits per heavy atom. The van der Waals surface area contributed by atoms with Crippen LogP contribution in [-0.4, -0.2) is 26.2 Å². The Bertz CT molecular complexity index is 1260. The number of hydrogen-bond acceptors (Lipinski definition) is 5. The first-order chi connectivity index (χ1) is 17.0. The van der Waals surface area contributed by atoms with Crippen LogP contribution in [0.1, 0.15) is 16.7 Å². The second kappa shape index (κ2) is 12.7. The number of ether oxygens (including phenoxy) is 3. The van der Waals surface area contributed by atoms with Crippen molar-refractivity contribution in [2.45, 2.75) is 13.3 Å². The molecule has 0 atom stereocenters. The summed E-state index contributed by atoms with van der Waals surface area (Å²) in [5, 5.41) is 12.4. The average Bonchev–Trinajstić information content (AvgIpc) is 2.87. The molecule has 1 amide bonds. The lowest BCUT2D eigenvalue weighted by atomic mass is 10.1. The maximum atomic E-state index is 12.7. The lowest BCUT2D eigenvalue weighted by Gasteiger charge is -2.13. The van der Waals surface area contributed by atoms with Crippen LogP contribution in [-0.2, 0) is 11.2 Å². The summed E-state index contributed by atoms with van der Waals surface area (Å²) in [4.78, 5) is 12.7. The Balaban J connectivity index is 1.65. The van der Waals surface area contributed by atoms with Gasteiger partial charge in [-0.05, 0) is 54.8 Å². The first-order valence-corrected chi connectivity index (χ1v) is 11.2. The molecule has 0 fully saturated rings. The van der Waals surface area contributed by atoms with Gasteiger partial charge in [-0.3, -0.25) is 4.79 Å². The van der Waals surface area contributed by atoms with Crippen LogP contribution in [0.15, 0.2) is 85.0 Å². The molecule has 0 unspecified atom stereocenters. The van der Waals surface area contributed by atoms with E-state index in [1.165, 1.54) is 6.08 Å². The van der Waals surface area contributed by atoms with Crippen molar-refractivity contribution in [3.63, 3.8) is 0 Å². The van der Waals surface area contributed by atoms with Gasteiger partial charge in [0.2, 0.25) is 0 Å². The molecule has 6 nitrogen and oxygen atoms in total. The largest absolute Gasteiger partial charge is 0.493 e. The fraction of sp³-hybridized carbons (Fsp3) is 0.172. The summed E-state index contributed by atoms with van der Waals surface area (Å²) in [6, 6.07) is 22.3. The monoisotopic (exact) mass is 468 g/mol. The molecule has 0 aliphatic rings. The van der Waals surface area contributed by atoms with E-state index in [1.807, 2.05) is 67.6 Å². The number of aryl methyl sites for hydroxylation is 1. The highest BCUT2D eigenvalue weighted by Crippen LogP contribution is 2.28. The number of hydrogen-bond donors (Lipinski definition) is 1. The fourth-order valence-corrected chi connectivity index (χ4v) is 3.37. The zero-order valence-electron chi connectivity index (χ0n) is 19.9. The molecule has 3 rings (SSSR count). The summed E-state index contributed by atoms with van der Waals surface area (Å²) in [7, 11) is 1.60. The second-order valence-corrected chi connectivity index (χ2v) is 7.65. The molecule has 0 radical (unpaired) electrons. The van der Waals surface area contributed by atoms with Crippen molar-refractivity contribution in [2.75, 3.05) is 25.6 Å². The number of nitrogens with one attached hydrogen (secondary N) is 1. The summed E-state index contributed by atoms with van der Waals surface area (Å²) in [5.41, 5.74) is 3.25. The smallest absolute Gasteiger partial charge is 0.266 e. The van der Waals surface area contributed by atoms with E-state index in [0.29, 0.717) is 28.5 Å². The fourth-order valence-electron chi connectivity index (χ4n) is 3.37. The molecule has 0 saturated carbocycles. The molecule has 0 spiro atoms. The molecule has 6 heteroatoms. The van der Waals surface area contributed by atoms with Crippen molar-refractivity contribution in [1.29, 1.82) is 5.26 Å². The molecule has 0 bridgehead atoms. The highest BCUT2D eigenvalue weighted by molar-refractivity contribution is 6.10. The van der Waals surface area contributed by atoms with Crippen molar-refractivity contribution in [2.24, 2.45) is 0 Å². The summed E-state index contributed by atoms with van der Waals surface area (Å²) in [5.74, 6) is 1.33. The van der Waals surface area contributed by atoms with Gasteiger partial charge in [0, 0.05) is 11.3 Å². The SMILES string of the molecule is C=CCc1ccc(OCCOc2ccccc2C=C(C#N)C(=O)Nc2ccccc2C)c(OC)c1. The predicted octanol–water partition coefficient (Wildman–Crippen LogP) is 5.74. The van der Waals surface area contributed by atoms with Crippen molar-refractivity contribution in [3.05, 3.63) is 102 Å². The molecule has 3 aromatic carbocycles. The molecule has 0 heterocycles. The first kappa shape index (κ1) is 25.1. The normalized spacial score (nSPS) is 10.7. The van der Waals surface area contributed by atoms with Crippen molar-refractivity contribution in [3.8, 4) is 23.3 Å². The number of nitriles is 1. The molecule has 0 aliphatic carbocycles. The number of amides is 1. The molecule has 1 N–H and O–H groups in total. The van der Waals surface area contributed by atoms with E-state index < -0.39 is 5.91 Å². The van der Waals surface area contributed by atoms with Gasteiger partial charge in [-0.25, -0.2) is 0 Å². The van der Waals surface area contributed by atoms with E-state index in [0.717, 1.165) is 17.5 Å². The van der Waals surface area contributed by atoms with Crippen molar-refractivity contribution >= 4 is 17.7 Å². The minimum Gasteiger partial charge on any atom is -0.493 e. The Kier molecular flexibility index (Phi) is 9.09. The topological polar surface area (TPSA) is 80.6 Å². The number of rotatable bonds is 11. The third-order valence-corrected chi connectivity index (χ3v) is 5.18. The van der Waals surface area contributed by atoms with Crippen LogP contribution in [0.5, 0.6) is 17.2 Å². The van der Waals surface area contributed by atoms with Gasteiger partial charge in [0.1, 0.15) is 30.6 Å². The summed E-state index contributed by atoms with van der Waals surface area (Å²) in [6.45, 7) is 6.19. The lowest BCUT2D eigenvalue weighted by molar-refractivity contribution is -0.112. The van der Waals surface area contributed by atoms with Crippen molar-refractivity contribution in [1.82, 2.24) is 0 Å². The Morgan fingerprint density at radius 3 is 2.43 bits per heavy atom. The molecule has 3 aromatic rings. The lowest BCUT2D eigenvalue weighted by Crippen LogP contribution is -2.14. The molecule has 0 saturated heterocycles. The van der Waals surface area contributed by atoms with E-state index in [2.05, 4.69) is 11.9 Å². The van der Waals surface area contributed by atoms with Gasteiger partial charge < -0.3 is 19.5 Å². The van der Waals surface area contributed by atoms with Gasteiger partial charge in [0.15, 0.2) is 11.5 Å². The van der Waals surface area contributed by atoms with Gasteiger partial charge >= 0.3 is 0 Å². The first-order valence-electron chi connectivity index (χ1n) is 11.2. The third kappa shape index (κ3) is 6.99. The summed E-state index contributed by atoms with van der Waals surface area (Å²) in [6.07, 6.45) is 4.10. The molecular weight excluding hydrogens is 440 g/mol. The van der Waals surface area contributed by atoms with Crippen LogP contribution < -0.4 is 19.5 Å². The van der Waals surface area contributed by atoms with Gasteiger partial charge in [0.05, 0.1) is 7.11 Å². The molecule has 0 aliphatic heterocycles. The maximum Gasteiger partial charge on any atom is 0.266 e. The van der Waals surface area contributed by atoms with Crippen molar-refractivity contribution < 1.29 is 19.0 Å². The number of carbonyl (C=O) groups is 1. The predicted molar refractivity (Wildman–Crippen MR) is 138 cm³/mol. The van der Waals surface area contributed by atoms with Gasteiger partial charge in [-0.2, -0.15) is 5.26 Å². The zero-order chi connectivity index (χ0) is 25.0. The highest BCUT2D eigenvalue weighted by atomic mass is 16.5. The van der Waals surface area contributed by atoms with E-state index >= 15 is 0 Å². The van der Waals surface area contributed by atoms with E-state index in [4.69, 9.17) is 14.2 Å². The minimum atomic E-state index is -0.480. The van der Waals surface area contributed by atoms with Gasteiger partial charge in [-0.1, -0.05) is 48.5 Å². The van der Waals surface area contributed by atoms with Crippen LogP contribution in [0, 0.1) is 18.3 Å². The summed E-state index contributed by atoms with van der Waals surface area (Å²) < 4.78 is 17.1. The van der Waals surface area contributed by atoms with Gasteiger partial charge in [0.25, 0.3) is 5.91 Å². The number of para-hydroxylation sites is 2. The van der Waals surface area contributed by atoms with Crippen LogP contribution >= 0.6 is 0 Å². The van der Waals surface area contributed by atoms with E-state index in [1.54, 1.807) is 25.3 Å². The van der Waals surface area contributed by atoms with Crippen LogP contribution in [0.4, 0.5) is 5.69 Å². The number of methoxy groups -OCH3 is 1. The van der Waals surface area contributed by atoms with E-state index in [9.17, 15) is 10.1 Å². The number of nitrogens with zero attached hydrogens (tertiary/aromatic N) is 1. The molecule has 178 valence electrons. The molecule has 0 aromatic heterocycles. The van der Waals surface area contributed by atoms with Crippen LogP contribution in [0.25, 0.3) is 6.08 Å². The van der Waals surface area contributed by atoms with Crippen LogP contribution in [0.2, 0.25) is 0 Å². The number of benzene rings is 3. The number of allylic oxidation sites excluding steroid dienone is 1. The third-order valence-electron chi connectivity index (χ3n) is 5.18. The van der Waals surface area contributed by atoms with Crippen LogP contribution in [0.3, 0.4) is 0 Å². The van der Waals surface area contributed by atoms with Gasteiger partial charge in [-0.15, -0.1) is 6.58 Å². The van der Waals surface area contributed by atoms with E-state index in [-0.39, 0.29) is 18.8 Å². The molecule has 35 heavy (non-hydrogen) atoms. The zero-order valence-corrected chi connectivity index (χ0v) is 19.9. The summed E-state index contributed by atoms with van der Waals surface area (Å²) >= 11 is 0. The highest BCUT2D eigenvalue weighted by Gasteiger charge is 2.12. The Labute approximate surface area is 206 Å². The molecular formula is C29H28N2O4. The quantitative estimate of drug-likeness (QED) is 0.168. The average molecular weight is 469 g/mol. The Hall–Kier alpha value is -4.50. The minimum absolute atomic E-state index is 0.0232. The number of carbonyl (C=O) groups excluding carboxylic acids is 1. The standard InChI is InChI=1S/C29H28N2O4/c1-4-9-22-14-15-27(28(18-22)33-3)35-17-16-34-26-13-8-6-11-23(26)19-24(20-30)29(32)31-25-12-7-5-10-21(25)2/h4-8,10-15,18-19H,1,9,16-17H2,2-3H3,(H,31,32). The number of anilines is 1.